The highest BCUT2D eigenvalue weighted by Gasteiger charge is 2.20. The molecule has 1 unspecified atom stereocenters. The fourth-order valence-corrected chi connectivity index (χ4v) is 1.87. The van der Waals surface area contributed by atoms with Crippen molar-refractivity contribution in [2.45, 2.75) is 33.0 Å². The summed E-state index contributed by atoms with van der Waals surface area (Å²) in [6.45, 7) is 5.83. The van der Waals surface area contributed by atoms with Gasteiger partial charge in [0, 0.05) is 5.56 Å². The zero-order chi connectivity index (χ0) is 13.1. The molecule has 0 saturated carbocycles. The molecule has 2 rings (SSSR count). The van der Waals surface area contributed by atoms with Crippen LogP contribution in [0.15, 0.2) is 41.0 Å². The van der Waals surface area contributed by atoms with E-state index in [1.807, 2.05) is 51.1 Å². The minimum Gasteiger partial charge on any atom is -0.491 e. The number of ether oxygens (including phenoxy) is 1. The molecule has 0 saturated heterocycles. The molecule has 0 radical (unpaired) electrons. The molecule has 3 nitrogen and oxygen atoms in total. The van der Waals surface area contributed by atoms with Gasteiger partial charge in [-0.15, -0.1) is 0 Å². The molecule has 1 heterocycles. The topological polar surface area (TPSA) is 42.6 Å². The lowest BCUT2D eigenvalue weighted by molar-refractivity contribution is 0.175. The quantitative estimate of drug-likeness (QED) is 0.898. The average Bonchev–Trinajstić information content (AvgIpc) is 2.74. The average molecular weight is 246 g/mol. The van der Waals surface area contributed by atoms with E-state index in [1.165, 1.54) is 0 Å². The predicted octanol–water partition coefficient (Wildman–Crippen LogP) is 3.46. The highest BCUT2D eigenvalue weighted by atomic mass is 16.5. The second-order valence-electron chi connectivity index (χ2n) is 4.57. The predicted molar refractivity (Wildman–Crippen MR) is 69.7 cm³/mol. The molecule has 1 aromatic heterocycles. The van der Waals surface area contributed by atoms with Gasteiger partial charge in [-0.05, 0) is 38.5 Å². The maximum atomic E-state index is 10.4. The molecular formula is C15H18O3. The molecule has 1 N–H and O–H groups in total. The Morgan fingerprint density at radius 2 is 1.89 bits per heavy atom. The molecule has 0 aliphatic heterocycles. The number of rotatable bonds is 4. The number of hydrogen-bond acceptors (Lipinski definition) is 3. The molecular weight excluding hydrogens is 228 g/mol. The van der Waals surface area contributed by atoms with Crippen LogP contribution < -0.4 is 4.74 Å². The molecule has 2 aromatic rings. The maximum absolute atomic E-state index is 10.4. The molecule has 0 bridgehead atoms. The lowest BCUT2D eigenvalue weighted by Gasteiger charge is -2.17. The summed E-state index contributed by atoms with van der Waals surface area (Å²) in [4.78, 5) is 0. The second kappa shape index (κ2) is 5.27. The van der Waals surface area contributed by atoms with Gasteiger partial charge >= 0.3 is 0 Å². The fourth-order valence-electron chi connectivity index (χ4n) is 1.87. The van der Waals surface area contributed by atoms with Gasteiger partial charge in [0.15, 0.2) is 0 Å². The number of hydrogen-bond donors (Lipinski definition) is 1. The van der Waals surface area contributed by atoms with Gasteiger partial charge in [-0.1, -0.05) is 18.2 Å². The van der Waals surface area contributed by atoms with Crippen LogP contribution in [0, 0.1) is 6.92 Å². The molecule has 0 fully saturated rings. The summed E-state index contributed by atoms with van der Waals surface area (Å²) >= 11 is 0. The monoisotopic (exact) mass is 246 g/mol. The number of benzene rings is 1. The van der Waals surface area contributed by atoms with Gasteiger partial charge in [-0.25, -0.2) is 0 Å². The molecule has 1 aromatic carbocycles. The van der Waals surface area contributed by atoms with E-state index < -0.39 is 6.10 Å². The number of aliphatic hydroxyl groups excluding tert-OH is 1. The summed E-state index contributed by atoms with van der Waals surface area (Å²) in [5.74, 6) is 1.26. The third-order valence-electron chi connectivity index (χ3n) is 2.73. The molecule has 3 heteroatoms. The van der Waals surface area contributed by atoms with Crippen molar-refractivity contribution in [2.75, 3.05) is 0 Å². The van der Waals surface area contributed by atoms with Gasteiger partial charge in [-0.3, -0.25) is 0 Å². The largest absolute Gasteiger partial charge is 0.491 e. The SMILES string of the molecule is Cc1ccoc1C(O)c1ccccc1OC(C)C. The van der Waals surface area contributed by atoms with Crippen molar-refractivity contribution in [3.05, 3.63) is 53.5 Å². The third-order valence-corrected chi connectivity index (χ3v) is 2.73. The van der Waals surface area contributed by atoms with E-state index in [2.05, 4.69) is 0 Å². The van der Waals surface area contributed by atoms with Crippen LogP contribution >= 0.6 is 0 Å². The van der Waals surface area contributed by atoms with E-state index in [-0.39, 0.29) is 6.10 Å². The van der Waals surface area contributed by atoms with Crippen LogP contribution in [-0.2, 0) is 0 Å². The molecule has 0 aliphatic carbocycles. The van der Waals surface area contributed by atoms with E-state index in [0.717, 1.165) is 11.1 Å². The number of aryl methyl sites for hydroxylation is 1. The zero-order valence-corrected chi connectivity index (χ0v) is 10.9. The third kappa shape index (κ3) is 2.57. The van der Waals surface area contributed by atoms with Crippen LogP contribution in [0.3, 0.4) is 0 Å². The van der Waals surface area contributed by atoms with Gasteiger partial charge < -0.3 is 14.3 Å². The first kappa shape index (κ1) is 12.7. The van der Waals surface area contributed by atoms with Crippen molar-refractivity contribution in [1.82, 2.24) is 0 Å². The van der Waals surface area contributed by atoms with Crippen molar-refractivity contribution in [3.8, 4) is 5.75 Å². The summed E-state index contributed by atoms with van der Waals surface area (Å²) in [6.07, 6.45) is 0.853. The van der Waals surface area contributed by atoms with Gasteiger partial charge in [0.05, 0.1) is 12.4 Å². The first-order valence-electron chi connectivity index (χ1n) is 6.07. The van der Waals surface area contributed by atoms with E-state index in [9.17, 15) is 5.11 Å². The summed E-state index contributed by atoms with van der Waals surface area (Å²) < 4.78 is 11.0. The Morgan fingerprint density at radius 1 is 1.17 bits per heavy atom. The minimum absolute atomic E-state index is 0.0658. The lowest BCUT2D eigenvalue weighted by Crippen LogP contribution is -2.10. The summed E-state index contributed by atoms with van der Waals surface area (Å²) in [6, 6.07) is 9.32. The maximum Gasteiger partial charge on any atom is 0.140 e. The van der Waals surface area contributed by atoms with Crippen LogP contribution in [0.4, 0.5) is 0 Å². The summed E-state index contributed by atoms with van der Waals surface area (Å²) in [7, 11) is 0. The molecule has 18 heavy (non-hydrogen) atoms. The van der Waals surface area contributed by atoms with Crippen LogP contribution in [0.2, 0.25) is 0 Å². The van der Waals surface area contributed by atoms with Crippen molar-refractivity contribution >= 4 is 0 Å². The highest BCUT2D eigenvalue weighted by Crippen LogP contribution is 2.32. The smallest absolute Gasteiger partial charge is 0.140 e. The Hall–Kier alpha value is -1.74. The van der Waals surface area contributed by atoms with Crippen molar-refractivity contribution in [2.24, 2.45) is 0 Å². The van der Waals surface area contributed by atoms with E-state index in [0.29, 0.717) is 11.5 Å². The number of para-hydroxylation sites is 1. The number of aliphatic hydroxyl groups is 1. The lowest BCUT2D eigenvalue weighted by atomic mass is 10.0. The standard InChI is InChI=1S/C15H18O3/c1-10(2)18-13-7-5-4-6-12(13)14(16)15-11(3)8-9-17-15/h4-10,14,16H,1-3H3. The van der Waals surface area contributed by atoms with Gasteiger partial charge in [0.25, 0.3) is 0 Å². The van der Waals surface area contributed by atoms with Crippen molar-refractivity contribution in [3.63, 3.8) is 0 Å². The fraction of sp³-hybridized carbons (Fsp3) is 0.333. The normalized spacial score (nSPS) is 12.7. The van der Waals surface area contributed by atoms with E-state index in [1.54, 1.807) is 6.26 Å². The van der Waals surface area contributed by atoms with Crippen molar-refractivity contribution < 1.29 is 14.3 Å². The van der Waals surface area contributed by atoms with Crippen LogP contribution in [0.1, 0.15) is 36.8 Å². The van der Waals surface area contributed by atoms with Crippen LogP contribution in [0.5, 0.6) is 5.75 Å². The highest BCUT2D eigenvalue weighted by molar-refractivity contribution is 5.39. The molecule has 0 amide bonds. The van der Waals surface area contributed by atoms with Gasteiger partial charge in [0.2, 0.25) is 0 Å². The summed E-state index contributed by atoms with van der Waals surface area (Å²) in [5.41, 5.74) is 1.66. The Labute approximate surface area is 107 Å². The Morgan fingerprint density at radius 3 is 2.50 bits per heavy atom. The molecule has 1 atom stereocenters. The molecule has 0 aliphatic rings. The Kier molecular flexibility index (Phi) is 3.72. The van der Waals surface area contributed by atoms with E-state index >= 15 is 0 Å². The van der Waals surface area contributed by atoms with Crippen LogP contribution in [-0.4, -0.2) is 11.2 Å². The molecule has 96 valence electrons. The Bertz CT molecular complexity index is 514. The van der Waals surface area contributed by atoms with Crippen molar-refractivity contribution in [1.29, 1.82) is 0 Å². The van der Waals surface area contributed by atoms with E-state index in [4.69, 9.17) is 9.15 Å². The van der Waals surface area contributed by atoms with Crippen LogP contribution in [0.25, 0.3) is 0 Å². The second-order valence-corrected chi connectivity index (χ2v) is 4.57. The first-order chi connectivity index (χ1) is 8.59. The first-order valence-corrected chi connectivity index (χ1v) is 6.07. The minimum atomic E-state index is -0.796. The zero-order valence-electron chi connectivity index (χ0n) is 10.9. The molecule has 0 spiro atoms. The Balaban J connectivity index is 2.36. The number of furan rings is 1. The van der Waals surface area contributed by atoms with Gasteiger partial charge in [0.1, 0.15) is 17.6 Å². The van der Waals surface area contributed by atoms with Gasteiger partial charge in [-0.2, -0.15) is 0 Å². The summed E-state index contributed by atoms with van der Waals surface area (Å²) in [5, 5.41) is 10.4.